The first-order valence-corrected chi connectivity index (χ1v) is 10.7. The van der Waals surface area contributed by atoms with Crippen LogP contribution in [0.15, 0.2) is 48.5 Å². The lowest BCUT2D eigenvalue weighted by molar-refractivity contribution is -0.125. The number of rotatable bonds is 6. The highest BCUT2D eigenvalue weighted by Crippen LogP contribution is 2.30. The van der Waals surface area contributed by atoms with Gasteiger partial charge in [-0.15, -0.1) is 0 Å². The van der Waals surface area contributed by atoms with Gasteiger partial charge in [0, 0.05) is 48.4 Å². The highest BCUT2D eigenvalue weighted by Gasteiger charge is 2.30. The fraction of sp³-hybridized carbons (Fsp3) is 0.333. The quantitative estimate of drug-likeness (QED) is 0.557. The summed E-state index contributed by atoms with van der Waals surface area (Å²) in [7, 11) is 3.11. The van der Waals surface area contributed by atoms with Crippen LogP contribution < -0.4 is 21.3 Å². The molecule has 0 unspecified atom stereocenters. The Kier molecular flexibility index (Phi) is 7.59. The third-order valence-corrected chi connectivity index (χ3v) is 5.71. The van der Waals surface area contributed by atoms with E-state index in [4.69, 9.17) is 0 Å². The molecule has 1 aliphatic rings. The zero-order valence-corrected chi connectivity index (χ0v) is 18.2. The van der Waals surface area contributed by atoms with E-state index in [2.05, 4.69) is 21.3 Å². The summed E-state index contributed by atoms with van der Waals surface area (Å²) in [5.74, 6) is -0.993. The lowest BCUT2D eigenvalue weighted by Crippen LogP contribution is -2.32. The molecule has 4 N–H and O–H groups in total. The average molecular weight is 437 g/mol. The molecule has 168 valence electrons. The first kappa shape index (κ1) is 23.0. The second-order valence-corrected chi connectivity index (χ2v) is 7.85. The minimum Gasteiger partial charge on any atom is -0.355 e. The van der Waals surface area contributed by atoms with E-state index >= 15 is 0 Å². The van der Waals surface area contributed by atoms with Crippen molar-refractivity contribution in [2.75, 3.05) is 24.7 Å². The fourth-order valence-electron chi connectivity index (χ4n) is 3.87. The summed E-state index contributed by atoms with van der Waals surface area (Å²) >= 11 is 0. The molecule has 8 heteroatoms. The Balaban J connectivity index is 1.52. The van der Waals surface area contributed by atoms with E-state index in [0.717, 1.165) is 0 Å². The van der Waals surface area contributed by atoms with Gasteiger partial charge in [0.2, 0.25) is 11.8 Å². The number of carbonyl (C=O) groups is 4. The maximum atomic E-state index is 12.7. The van der Waals surface area contributed by atoms with E-state index in [9.17, 15) is 19.2 Å². The van der Waals surface area contributed by atoms with E-state index in [0.29, 0.717) is 48.2 Å². The van der Waals surface area contributed by atoms with Crippen molar-refractivity contribution in [2.24, 2.45) is 11.8 Å². The maximum Gasteiger partial charge on any atom is 0.251 e. The normalized spacial score (nSPS) is 17.7. The first-order chi connectivity index (χ1) is 15.4. The molecule has 0 atom stereocenters. The Bertz CT molecular complexity index is 931. The zero-order chi connectivity index (χ0) is 23.1. The van der Waals surface area contributed by atoms with Gasteiger partial charge in [0.15, 0.2) is 0 Å². The van der Waals surface area contributed by atoms with Gasteiger partial charge in [-0.2, -0.15) is 0 Å². The molecule has 0 spiro atoms. The standard InChI is InChI=1S/C24H28N4O4/c1-25-21(29)17-5-3-7-19(13-17)27-23(31)15-9-11-16(12-10-15)24(32)28-20-8-4-6-18(14-20)22(30)26-2/h3-8,13-16H,9-12H2,1-2H3,(H,25,29)(H,26,30)(H,27,31)(H,28,32). The van der Waals surface area contributed by atoms with Crippen LogP contribution in [0.5, 0.6) is 0 Å². The van der Waals surface area contributed by atoms with Crippen LogP contribution in [0.4, 0.5) is 11.4 Å². The van der Waals surface area contributed by atoms with Gasteiger partial charge >= 0.3 is 0 Å². The molecule has 1 saturated carbocycles. The third-order valence-electron chi connectivity index (χ3n) is 5.71. The second-order valence-electron chi connectivity index (χ2n) is 7.85. The topological polar surface area (TPSA) is 116 Å². The molecule has 0 aliphatic heterocycles. The SMILES string of the molecule is CNC(=O)c1cccc(NC(=O)C2CCC(C(=O)Nc3cccc(C(=O)NC)c3)CC2)c1. The second kappa shape index (κ2) is 10.6. The van der Waals surface area contributed by atoms with Crippen LogP contribution in [0.3, 0.4) is 0 Å². The number of hydrogen-bond acceptors (Lipinski definition) is 4. The zero-order valence-electron chi connectivity index (χ0n) is 18.2. The van der Waals surface area contributed by atoms with Crippen molar-refractivity contribution < 1.29 is 19.2 Å². The molecule has 0 radical (unpaired) electrons. The summed E-state index contributed by atoms with van der Waals surface area (Å²) in [6.07, 6.45) is 2.43. The molecule has 8 nitrogen and oxygen atoms in total. The van der Waals surface area contributed by atoms with Gasteiger partial charge in [0.1, 0.15) is 0 Å². The average Bonchev–Trinajstić information content (AvgIpc) is 2.83. The summed E-state index contributed by atoms with van der Waals surface area (Å²) in [6, 6.07) is 13.6. The van der Waals surface area contributed by atoms with Gasteiger partial charge in [-0.25, -0.2) is 0 Å². The van der Waals surface area contributed by atoms with Gasteiger partial charge in [-0.3, -0.25) is 19.2 Å². The van der Waals surface area contributed by atoms with E-state index in [1.165, 1.54) is 0 Å². The van der Waals surface area contributed by atoms with E-state index in [-0.39, 0.29) is 35.5 Å². The van der Waals surface area contributed by atoms with Crippen LogP contribution in [0.2, 0.25) is 0 Å². The molecule has 1 fully saturated rings. The number of amides is 4. The minimum absolute atomic E-state index is 0.101. The molecular weight excluding hydrogens is 408 g/mol. The lowest BCUT2D eigenvalue weighted by Gasteiger charge is -2.27. The summed E-state index contributed by atoms with van der Waals surface area (Å²) in [4.78, 5) is 48.9. The van der Waals surface area contributed by atoms with Gasteiger partial charge < -0.3 is 21.3 Å². The van der Waals surface area contributed by atoms with Crippen molar-refractivity contribution in [3.8, 4) is 0 Å². The summed E-state index contributed by atoms with van der Waals surface area (Å²) < 4.78 is 0. The van der Waals surface area contributed by atoms with Gasteiger partial charge in [-0.1, -0.05) is 12.1 Å². The fourth-order valence-corrected chi connectivity index (χ4v) is 3.87. The molecule has 1 aliphatic carbocycles. The molecule has 4 amide bonds. The van der Waals surface area contributed by atoms with Gasteiger partial charge in [-0.05, 0) is 62.1 Å². The molecule has 2 aromatic carbocycles. The van der Waals surface area contributed by atoms with Crippen LogP contribution in [-0.4, -0.2) is 37.7 Å². The molecule has 0 bridgehead atoms. The monoisotopic (exact) mass is 436 g/mol. The number of carbonyl (C=O) groups excluding carboxylic acids is 4. The summed E-state index contributed by atoms with van der Waals surface area (Å²) in [6.45, 7) is 0. The largest absolute Gasteiger partial charge is 0.355 e. The Labute approximate surface area is 187 Å². The number of anilines is 2. The lowest BCUT2D eigenvalue weighted by atomic mass is 9.81. The highest BCUT2D eigenvalue weighted by atomic mass is 16.2. The number of nitrogens with one attached hydrogen (secondary N) is 4. The van der Waals surface area contributed by atoms with Crippen molar-refractivity contribution in [3.63, 3.8) is 0 Å². The molecule has 2 aromatic rings. The Morgan fingerprint density at radius 1 is 0.656 bits per heavy atom. The molecule has 3 rings (SSSR count). The van der Waals surface area contributed by atoms with Crippen LogP contribution in [-0.2, 0) is 9.59 Å². The molecule has 0 saturated heterocycles. The maximum absolute atomic E-state index is 12.7. The van der Waals surface area contributed by atoms with E-state index < -0.39 is 0 Å². The van der Waals surface area contributed by atoms with Crippen LogP contribution in [0, 0.1) is 11.8 Å². The van der Waals surface area contributed by atoms with Crippen molar-refractivity contribution in [1.82, 2.24) is 10.6 Å². The molecule has 32 heavy (non-hydrogen) atoms. The Morgan fingerprint density at radius 3 is 1.38 bits per heavy atom. The van der Waals surface area contributed by atoms with Gasteiger partial charge in [0.25, 0.3) is 11.8 Å². The molecule has 0 heterocycles. The third kappa shape index (κ3) is 5.72. The van der Waals surface area contributed by atoms with Crippen molar-refractivity contribution in [1.29, 1.82) is 0 Å². The van der Waals surface area contributed by atoms with Gasteiger partial charge in [0.05, 0.1) is 0 Å². The van der Waals surface area contributed by atoms with Crippen LogP contribution in [0.25, 0.3) is 0 Å². The van der Waals surface area contributed by atoms with Crippen LogP contribution >= 0.6 is 0 Å². The molecular formula is C24H28N4O4. The van der Waals surface area contributed by atoms with E-state index in [1.807, 2.05) is 0 Å². The predicted molar refractivity (Wildman–Crippen MR) is 122 cm³/mol. The summed E-state index contributed by atoms with van der Waals surface area (Å²) in [5, 5.41) is 10.9. The molecule has 0 aromatic heterocycles. The Hall–Kier alpha value is -3.68. The smallest absolute Gasteiger partial charge is 0.251 e. The number of benzene rings is 2. The Morgan fingerprint density at radius 2 is 1.03 bits per heavy atom. The summed E-state index contributed by atoms with van der Waals surface area (Å²) in [5.41, 5.74) is 2.11. The van der Waals surface area contributed by atoms with Crippen molar-refractivity contribution >= 4 is 35.0 Å². The van der Waals surface area contributed by atoms with Crippen LogP contribution in [0.1, 0.15) is 46.4 Å². The first-order valence-electron chi connectivity index (χ1n) is 10.7. The highest BCUT2D eigenvalue weighted by molar-refractivity contribution is 5.99. The van der Waals surface area contributed by atoms with Crippen molar-refractivity contribution in [2.45, 2.75) is 25.7 Å². The van der Waals surface area contributed by atoms with E-state index in [1.54, 1.807) is 62.6 Å². The number of hydrogen-bond donors (Lipinski definition) is 4. The van der Waals surface area contributed by atoms with Crippen molar-refractivity contribution in [3.05, 3.63) is 59.7 Å². The predicted octanol–water partition coefficient (Wildman–Crippen LogP) is 2.79. The minimum atomic E-state index is -0.214.